The first-order valence-electron chi connectivity index (χ1n) is 6.21. The fraction of sp³-hybridized carbons (Fsp3) is 0.500. The second-order valence-corrected chi connectivity index (χ2v) is 6.14. The van der Waals surface area contributed by atoms with E-state index in [4.69, 9.17) is 0 Å². The van der Waals surface area contributed by atoms with Crippen LogP contribution in [0.1, 0.15) is 30.6 Å². The number of hydrogen-bond acceptors (Lipinski definition) is 1. The number of piperidine rings is 1. The summed E-state index contributed by atoms with van der Waals surface area (Å²) in [6.45, 7) is 5.91. The molecule has 1 saturated heterocycles. The zero-order chi connectivity index (χ0) is 13.3. The van der Waals surface area contributed by atoms with Crippen molar-refractivity contribution in [3.05, 3.63) is 34.1 Å². The molecular formula is C14H17BrFNO. The lowest BCUT2D eigenvalue weighted by Gasteiger charge is -2.35. The molecule has 0 spiro atoms. The van der Waals surface area contributed by atoms with Crippen molar-refractivity contribution in [1.29, 1.82) is 0 Å². The lowest BCUT2D eigenvalue weighted by atomic mass is 9.91. The van der Waals surface area contributed by atoms with E-state index in [1.165, 1.54) is 6.07 Å². The third-order valence-electron chi connectivity index (χ3n) is 3.32. The predicted octanol–water partition coefficient (Wildman–Crippen LogP) is 3.71. The third kappa shape index (κ3) is 2.91. The van der Waals surface area contributed by atoms with Crippen molar-refractivity contribution in [3.63, 3.8) is 0 Å². The average molecular weight is 314 g/mol. The van der Waals surface area contributed by atoms with Crippen LogP contribution in [0.15, 0.2) is 22.7 Å². The number of rotatable bonds is 1. The van der Waals surface area contributed by atoms with Gasteiger partial charge in [-0.05, 0) is 52.4 Å². The Morgan fingerprint density at radius 1 is 1.33 bits per heavy atom. The molecule has 1 aromatic carbocycles. The van der Waals surface area contributed by atoms with Gasteiger partial charge in [0.25, 0.3) is 5.91 Å². The van der Waals surface area contributed by atoms with Crippen LogP contribution < -0.4 is 0 Å². The summed E-state index contributed by atoms with van der Waals surface area (Å²) < 4.78 is 13.5. The van der Waals surface area contributed by atoms with Crippen LogP contribution in [-0.2, 0) is 0 Å². The predicted molar refractivity (Wildman–Crippen MR) is 72.9 cm³/mol. The third-order valence-corrected chi connectivity index (χ3v) is 3.93. The maximum absolute atomic E-state index is 13.2. The van der Waals surface area contributed by atoms with E-state index in [0.29, 0.717) is 21.9 Å². The molecule has 0 radical (unpaired) electrons. The highest BCUT2D eigenvalue weighted by Gasteiger charge is 2.26. The fourth-order valence-corrected chi connectivity index (χ4v) is 3.02. The Labute approximate surface area is 115 Å². The van der Waals surface area contributed by atoms with Crippen LogP contribution in [0, 0.1) is 17.7 Å². The van der Waals surface area contributed by atoms with Crippen LogP contribution in [0.25, 0.3) is 0 Å². The van der Waals surface area contributed by atoms with Gasteiger partial charge in [0.05, 0.1) is 4.47 Å². The number of nitrogens with zero attached hydrogens (tertiary/aromatic N) is 1. The summed E-state index contributed by atoms with van der Waals surface area (Å²) in [5.74, 6) is 0.712. The van der Waals surface area contributed by atoms with Crippen LogP contribution in [-0.4, -0.2) is 23.9 Å². The zero-order valence-electron chi connectivity index (χ0n) is 10.6. The van der Waals surface area contributed by atoms with E-state index in [1.807, 2.05) is 4.90 Å². The molecule has 2 rings (SSSR count). The van der Waals surface area contributed by atoms with Gasteiger partial charge in [-0.1, -0.05) is 13.8 Å². The molecule has 0 saturated carbocycles. The van der Waals surface area contributed by atoms with Crippen LogP contribution >= 0.6 is 15.9 Å². The lowest BCUT2D eigenvalue weighted by Crippen LogP contribution is -2.42. The Hall–Kier alpha value is -0.900. The van der Waals surface area contributed by atoms with Gasteiger partial charge in [0.1, 0.15) is 5.82 Å². The summed E-state index contributed by atoms with van der Waals surface area (Å²) in [6.07, 6.45) is 1.16. The van der Waals surface area contributed by atoms with Crippen LogP contribution in [0.4, 0.5) is 4.39 Å². The summed E-state index contributed by atoms with van der Waals surface area (Å²) >= 11 is 3.12. The van der Waals surface area contributed by atoms with Crippen LogP contribution in [0.3, 0.4) is 0 Å². The minimum atomic E-state index is -0.341. The molecule has 18 heavy (non-hydrogen) atoms. The molecule has 1 aliphatic heterocycles. The monoisotopic (exact) mass is 313 g/mol. The molecule has 0 bridgehead atoms. The molecule has 1 fully saturated rings. The number of hydrogen-bond donors (Lipinski definition) is 0. The van der Waals surface area contributed by atoms with Gasteiger partial charge in [-0.15, -0.1) is 0 Å². The molecule has 1 aliphatic rings. The van der Waals surface area contributed by atoms with Gasteiger partial charge in [0.2, 0.25) is 0 Å². The molecule has 1 aromatic rings. The maximum Gasteiger partial charge on any atom is 0.253 e. The van der Waals surface area contributed by atoms with Crippen molar-refractivity contribution < 1.29 is 9.18 Å². The maximum atomic E-state index is 13.2. The van der Waals surface area contributed by atoms with Gasteiger partial charge in [0.15, 0.2) is 0 Å². The largest absolute Gasteiger partial charge is 0.338 e. The standard InChI is InChI=1S/C14H17BrFNO/c1-9-5-10(2)8-17(7-9)14(18)11-3-4-13(16)12(15)6-11/h3-4,6,9-10H,5,7-8H2,1-2H3. The van der Waals surface area contributed by atoms with E-state index < -0.39 is 0 Å². The Kier molecular flexibility index (Phi) is 4.05. The van der Waals surface area contributed by atoms with Crippen molar-refractivity contribution in [2.75, 3.05) is 13.1 Å². The Balaban J connectivity index is 2.17. The van der Waals surface area contributed by atoms with Crippen molar-refractivity contribution in [3.8, 4) is 0 Å². The van der Waals surface area contributed by atoms with Crippen LogP contribution in [0.2, 0.25) is 0 Å². The van der Waals surface area contributed by atoms with Crippen molar-refractivity contribution in [2.45, 2.75) is 20.3 Å². The SMILES string of the molecule is CC1CC(C)CN(C(=O)c2ccc(F)c(Br)c2)C1. The molecule has 0 aromatic heterocycles. The lowest BCUT2D eigenvalue weighted by molar-refractivity contribution is 0.0623. The molecule has 4 heteroatoms. The van der Waals surface area contributed by atoms with Crippen molar-refractivity contribution in [2.24, 2.45) is 11.8 Å². The first-order chi connectivity index (χ1) is 8.47. The summed E-state index contributed by atoms with van der Waals surface area (Å²) in [6, 6.07) is 4.43. The Bertz CT molecular complexity index is 453. The molecule has 0 aliphatic carbocycles. The van der Waals surface area contributed by atoms with E-state index in [2.05, 4.69) is 29.8 Å². The van der Waals surface area contributed by atoms with Gasteiger partial charge in [-0.25, -0.2) is 4.39 Å². The highest BCUT2D eigenvalue weighted by Crippen LogP contribution is 2.24. The molecule has 2 unspecified atom stereocenters. The van der Waals surface area contributed by atoms with Crippen molar-refractivity contribution in [1.82, 2.24) is 4.90 Å². The van der Waals surface area contributed by atoms with E-state index in [1.54, 1.807) is 12.1 Å². The van der Waals surface area contributed by atoms with Crippen LogP contribution in [0.5, 0.6) is 0 Å². The summed E-state index contributed by atoms with van der Waals surface area (Å²) in [7, 11) is 0. The zero-order valence-corrected chi connectivity index (χ0v) is 12.2. The molecular weight excluding hydrogens is 297 g/mol. The fourth-order valence-electron chi connectivity index (χ4n) is 2.64. The normalized spacial score (nSPS) is 24.1. The highest BCUT2D eigenvalue weighted by atomic mass is 79.9. The average Bonchev–Trinajstić information content (AvgIpc) is 2.30. The number of likely N-dealkylation sites (tertiary alicyclic amines) is 1. The smallest absolute Gasteiger partial charge is 0.253 e. The van der Waals surface area contributed by atoms with E-state index in [9.17, 15) is 9.18 Å². The topological polar surface area (TPSA) is 20.3 Å². The molecule has 0 N–H and O–H groups in total. The molecule has 2 nitrogen and oxygen atoms in total. The van der Waals surface area contributed by atoms with E-state index >= 15 is 0 Å². The molecule has 1 heterocycles. The molecule has 1 amide bonds. The first kappa shape index (κ1) is 13.5. The minimum Gasteiger partial charge on any atom is -0.338 e. The van der Waals surface area contributed by atoms with Gasteiger partial charge in [-0.2, -0.15) is 0 Å². The second kappa shape index (κ2) is 5.39. The molecule has 98 valence electrons. The van der Waals surface area contributed by atoms with Crippen molar-refractivity contribution >= 4 is 21.8 Å². The van der Waals surface area contributed by atoms with Gasteiger partial charge in [0, 0.05) is 18.7 Å². The van der Waals surface area contributed by atoms with E-state index in [-0.39, 0.29) is 11.7 Å². The summed E-state index contributed by atoms with van der Waals surface area (Å²) in [5, 5.41) is 0. The quantitative estimate of drug-likeness (QED) is 0.774. The molecule has 2 atom stereocenters. The Morgan fingerprint density at radius 3 is 2.50 bits per heavy atom. The Morgan fingerprint density at radius 2 is 1.94 bits per heavy atom. The second-order valence-electron chi connectivity index (χ2n) is 5.29. The van der Waals surface area contributed by atoms with E-state index in [0.717, 1.165) is 19.5 Å². The number of carbonyl (C=O) groups excluding carboxylic acids is 1. The number of benzene rings is 1. The van der Waals surface area contributed by atoms with Gasteiger partial charge >= 0.3 is 0 Å². The number of carbonyl (C=O) groups is 1. The number of amides is 1. The van der Waals surface area contributed by atoms with Gasteiger partial charge in [-0.3, -0.25) is 4.79 Å². The highest BCUT2D eigenvalue weighted by molar-refractivity contribution is 9.10. The number of halogens is 2. The minimum absolute atomic E-state index is 0.00546. The van der Waals surface area contributed by atoms with Gasteiger partial charge < -0.3 is 4.90 Å². The first-order valence-corrected chi connectivity index (χ1v) is 7.01. The summed E-state index contributed by atoms with van der Waals surface area (Å²) in [4.78, 5) is 14.2. The summed E-state index contributed by atoms with van der Waals surface area (Å²) in [5.41, 5.74) is 0.546.